The molecule has 0 aliphatic carbocycles. The normalized spacial score (nSPS) is 10.4. The minimum Gasteiger partial charge on any atom is -0.481 e. The van der Waals surface area contributed by atoms with Gasteiger partial charge in [-0.3, -0.25) is 19.2 Å². The third-order valence-corrected chi connectivity index (χ3v) is 7.09. The standard InChI is InChI=1S/C17H20I3N3O5/c1-8(24)22(3)15-12(18)11(17(28)21-7-5-6-10(26)27)13(19)16(14(15)20)23(4)9(2)25/h5-7H2,1-4H3,(H,21,28)(H,26,27). The van der Waals surface area contributed by atoms with Gasteiger partial charge in [0.15, 0.2) is 0 Å². The highest BCUT2D eigenvalue weighted by Crippen LogP contribution is 2.41. The Labute approximate surface area is 204 Å². The zero-order chi connectivity index (χ0) is 21.8. The van der Waals surface area contributed by atoms with Gasteiger partial charge in [-0.2, -0.15) is 0 Å². The van der Waals surface area contributed by atoms with Crippen LogP contribution in [0, 0.1) is 10.7 Å². The molecule has 0 aromatic heterocycles. The Morgan fingerprint density at radius 2 is 1.32 bits per heavy atom. The molecule has 3 amide bonds. The summed E-state index contributed by atoms with van der Waals surface area (Å²) >= 11 is 6.12. The summed E-state index contributed by atoms with van der Waals surface area (Å²) in [7, 11) is 3.22. The summed E-state index contributed by atoms with van der Waals surface area (Å²) in [5, 5.41) is 11.4. The van der Waals surface area contributed by atoms with E-state index < -0.39 is 5.97 Å². The summed E-state index contributed by atoms with van der Waals surface area (Å²) in [6.07, 6.45) is 0.261. The fourth-order valence-corrected chi connectivity index (χ4v) is 7.37. The number of hydrogen-bond acceptors (Lipinski definition) is 4. The maximum Gasteiger partial charge on any atom is 0.303 e. The van der Waals surface area contributed by atoms with Crippen LogP contribution in [0.4, 0.5) is 11.4 Å². The van der Waals surface area contributed by atoms with Crippen LogP contribution in [-0.4, -0.2) is 49.4 Å². The highest BCUT2D eigenvalue weighted by molar-refractivity contribution is 14.1. The summed E-state index contributed by atoms with van der Waals surface area (Å²) in [4.78, 5) is 50.3. The lowest BCUT2D eigenvalue weighted by atomic mass is 10.1. The van der Waals surface area contributed by atoms with Gasteiger partial charge in [0.05, 0.1) is 27.6 Å². The molecule has 0 aliphatic heterocycles. The molecule has 28 heavy (non-hydrogen) atoms. The van der Waals surface area contributed by atoms with Gasteiger partial charge in [0.25, 0.3) is 5.91 Å². The molecule has 0 bridgehead atoms. The van der Waals surface area contributed by atoms with Crippen molar-refractivity contribution < 1.29 is 24.3 Å². The Morgan fingerprint density at radius 1 is 0.893 bits per heavy atom. The number of rotatable bonds is 7. The number of hydrogen-bond donors (Lipinski definition) is 2. The number of amides is 3. The van der Waals surface area contributed by atoms with E-state index in [1.807, 2.05) is 45.2 Å². The highest BCUT2D eigenvalue weighted by Gasteiger charge is 2.29. The van der Waals surface area contributed by atoms with Gasteiger partial charge in [-0.25, -0.2) is 0 Å². The number of nitrogens with one attached hydrogen (secondary N) is 1. The molecule has 1 rings (SSSR count). The average Bonchev–Trinajstić information content (AvgIpc) is 2.57. The van der Waals surface area contributed by atoms with Crippen molar-refractivity contribution in [1.82, 2.24) is 5.32 Å². The van der Waals surface area contributed by atoms with Gasteiger partial charge in [-0.1, -0.05) is 0 Å². The molecule has 0 spiro atoms. The monoisotopic (exact) mass is 727 g/mol. The number of benzene rings is 1. The number of nitrogens with zero attached hydrogens (tertiary/aromatic N) is 2. The Kier molecular flexibility index (Phi) is 9.85. The number of carbonyl (C=O) groups is 4. The molecule has 11 heteroatoms. The van der Waals surface area contributed by atoms with Gasteiger partial charge >= 0.3 is 5.97 Å². The molecule has 8 nitrogen and oxygen atoms in total. The predicted octanol–water partition coefficient (Wildman–Crippen LogP) is 3.06. The van der Waals surface area contributed by atoms with Crippen LogP contribution < -0.4 is 15.1 Å². The molecule has 154 valence electrons. The first kappa shape index (κ1) is 25.3. The van der Waals surface area contributed by atoms with Crippen molar-refractivity contribution in [2.45, 2.75) is 26.7 Å². The van der Waals surface area contributed by atoms with Crippen LogP contribution in [0.25, 0.3) is 0 Å². The Hall–Kier alpha value is -0.710. The second-order valence-electron chi connectivity index (χ2n) is 5.92. The van der Waals surface area contributed by atoms with E-state index >= 15 is 0 Å². The first-order valence-corrected chi connectivity index (χ1v) is 11.3. The van der Waals surface area contributed by atoms with Crippen molar-refractivity contribution in [3.63, 3.8) is 0 Å². The van der Waals surface area contributed by atoms with E-state index in [1.54, 1.807) is 14.1 Å². The number of carbonyl (C=O) groups excluding carboxylic acids is 3. The fraction of sp³-hybridized carbons (Fsp3) is 0.412. The summed E-state index contributed by atoms with van der Waals surface area (Å²) < 4.78 is 1.85. The van der Waals surface area contributed by atoms with Crippen LogP contribution >= 0.6 is 67.8 Å². The Bertz CT molecular complexity index is 782. The Morgan fingerprint density at radius 3 is 1.68 bits per heavy atom. The molecule has 0 aliphatic rings. The summed E-state index contributed by atoms with van der Waals surface area (Å²) in [6, 6.07) is 0. The molecule has 0 heterocycles. The molecule has 0 fully saturated rings. The second-order valence-corrected chi connectivity index (χ2v) is 9.16. The highest BCUT2D eigenvalue weighted by atomic mass is 127. The molecule has 0 atom stereocenters. The maximum absolute atomic E-state index is 12.9. The summed E-state index contributed by atoms with van der Waals surface area (Å²) in [5.41, 5.74) is 1.45. The third kappa shape index (κ3) is 5.90. The van der Waals surface area contributed by atoms with E-state index in [-0.39, 0.29) is 30.7 Å². The van der Waals surface area contributed by atoms with Crippen molar-refractivity contribution >= 4 is 103 Å². The first-order valence-electron chi connectivity index (χ1n) is 8.10. The van der Waals surface area contributed by atoms with Crippen LogP contribution in [-0.2, 0) is 14.4 Å². The van der Waals surface area contributed by atoms with E-state index in [4.69, 9.17) is 5.11 Å². The van der Waals surface area contributed by atoms with E-state index in [1.165, 1.54) is 23.6 Å². The topological polar surface area (TPSA) is 107 Å². The van der Waals surface area contributed by atoms with Gasteiger partial charge in [0, 0.05) is 40.9 Å². The van der Waals surface area contributed by atoms with E-state index in [9.17, 15) is 19.2 Å². The molecule has 1 aromatic carbocycles. The van der Waals surface area contributed by atoms with Gasteiger partial charge in [-0.05, 0) is 74.2 Å². The number of carboxylic acids is 1. The smallest absolute Gasteiger partial charge is 0.303 e. The predicted molar refractivity (Wildman–Crippen MR) is 132 cm³/mol. The van der Waals surface area contributed by atoms with Crippen LogP contribution in [0.1, 0.15) is 37.0 Å². The van der Waals surface area contributed by atoms with Crippen molar-refractivity contribution in [2.24, 2.45) is 0 Å². The third-order valence-electron chi connectivity index (χ3n) is 3.97. The largest absolute Gasteiger partial charge is 0.481 e. The van der Waals surface area contributed by atoms with Crippen molar-refractivity contribution in [3.05, 3.63) is 16.3 Å². The van der Waals surface area contributed by atoms with Crippen LogP contribution in [0.15, 0.2) is 0 Å². The van der Waals surface area contributed by atoms with Gasteiger partial charge in [-0.15, -0.1) is 0 Å². The molecular weight excluding hydrogens is 707 g/mol. The maximum atomic E-state index is 12.9. The van der Waals surface area contributed by atoms with Gasteiger partial charge in [0.2, 0.25) is 11.8 Å². The van der Waals surface area contributed by atoms with E-state index in [2.05, 4.69) is 27.9 Å². The first-order chi connectivity index (χ1) is 12.9. The molecule has 0 saturated carbocycles. The molecule has 0 saturated heterocycles. The zero-order valence-corrected chi connectivity index (χ0v) is 22.2. The number of halogens is 3. The SMILES string of the molecule is CC(=O)N(C)c1c(I)c(C(=O)NCCCC(=O)O)c(I)c(N(C)C(C)=O)c1I. The average molecular weight is 727 g/mol. The molecule has 1 aromatic rings. The molecule has 2 N–H and O–H groups in total. The quantitative estimate of drug-likeness (QED) is 0.332. The molecule has 0 unspecified atom stereocenters. The molecular formula is C17H20I3N3O5. The van der Waals surface area contributed by atoms with Crippen molar-refractivity contribution in [2.75, 3.05) is 30.4 Å². The van der Waals surface area contributed by atoms with Crippen LogP contribution in [0.2, 0.25) is 0 Å². The second kappa shape index (κ2) is 10.9. The van der Waals surface area contributed by atoms with Crippen LogP contribution in [0.3, 0.4) is 0 Å². The number of carboxylic acid groups (broad SMARTS) is 1. The lowest BCUT2D eigenvalue weighted by Gasteiger charge is -2.27. The van der Waals surface area contributed by atoms with Crippen LogP contribution in [0.5, 0.6) is 0 Å². The lowest BCUT2D eigenvalue weighted by Crippen LogP contribution is -2.32. The van der Waals surface area contributed by atoms with Gasteiger partial charge in [0.1, 0.15) is 0 Å². The number of aliphatic carboxylic acids is 1. The zero-order valence-electron chi connectivity index (χ0n) is 15.7. The van der Waals surface area contributed by atoms with Crippen molar-refractivity contribution in [1.29, 1.82) is 0 Å². The lowest BCUT2D eigenvalue weighted by molar-refractivity contribution is -0.137. The summed E-state index contributed by atoms with van der Waals surface area (Å²) in [6.45, 7) is 3.05. The Balaban J connectivity index is 3.53. The summed E-state index contributed by atoms with van der Waals surface area (Å²) in [5.74, 6) is -1.72. The van der Waals surface area contributed by atoms with Crippen molar-refractivity contribution in [3.8, 4) is 0 Å². The molecule has 0 radical (unpaired) electrons. The minimum absolute atomic E-state index is 0.0438. The van der Waals surface area contributed by atoms with E-state index in [0.29, 0.717) is 34.1 Å². The fourth-order valence-electron chi connectivity index (χ4n) is 2.27. The number of anilines is 2. The van der Waals surface area contributed by atoms with Gasteiger partial charge < -0.3 is 20.2 Å². The minimum atomic E-state index is -0.927. The van der Waals surface area contributed by atoms with E-state index in [0.717, 1.165) is 0 Å².